The Hall–Kier alpha value is -0.0900. The highest BCUT2D eigenvalue weighted by molar-refractivity contribution is 7.90. The summed E-state index contributed by atoms with van der Waals surface area (Å²) in [5.41, 5.74) is 0. The van der Waals surface area contributed by atoms with E-state index < -0.39 is 15.9 Å². The average Bonchev–Trinajstić information content (AvgIpc) is 2.15. The summed E-state index contributed by atoms with van der Waals surface area (Å²) in [6.07, 6.45) is 6.01. The molecule has 3 nitrogen and oxygen atoms in total. The van der Waals surface area contributed by atoms with Crippen molar-refractivity contribution in [3.8, 4) is 0 Å². The summed E-state index contributed by atoms with van der Waals surface area (Å²) < 4.78 is 22.2. The van der Waals surface area contributed by atoms with Crippen LogP contribution in [0, 0.1) is 11.8 Å². The van der Waals surface area contributed by atoms with Gasteiger partial charge < -0.3 is 5.11 Å². The van der Waals surface area contributed by atoms with Crippen LogP contribution in [0.5, 0.6) is 0 Å². The third kappa shape index (κ3) is 4.51. The van der Waals surface area contributed by atoms with E-state index in [1.165, 1.54) is 12.7 Å². The molecule has 3 unspecified atom stereocenters. The van der Waals surface area contributed by atoms with Gasteiger partial charge in [0.25, 0.3) is 0 Å². The van der Waals surface area contributed by atoms with E-state index in [4.69, 9.17) is 0 Å². The van der Waals surface area contributed by atoms with Gasteiger partial charge in [0.2, 0.25) is 0 Å². The molecule has 0 saturated heterocycles. The normalized spacial score (nSPS) is 30.1. The van der Waals surface area contributed by atoms with Crippen molar-refractivity contribution in [3.63, 3.8) is 0 Å². The Morgan fingerprint density at radius 1 is 1.40 bits per heavy atom. The van der Waals surface area contributed by atoms with Crippen LogP contribution in [-0.2, 0) is 9.84 Å². The lowest BCUT2D eigenvalue weighted by molar-refractivity contribution is 0.0849. The first-order chi connectivity index (χ1) is 6.92. The first-order valence-corrected chi connectivity index (χ1v) is 7.84. The largest absolute Gasteiger partial charge is 0.392 e. The topological polar surface area (TPSA) is 54.4 Å². The summed E-state index contributed by atoms with van der Waals surface area (Å²) in [6, 6.07) is 0. The molecule has 0 aromatic carbocycles. The molecule has 0 aliphatic heterocycles. The van der Waals surface area contributed by atoms with E-state index in [9.17, 15) is 13.5 Å². The minimum atomic E-state index is -3.05. The van der Waals surface area contributed by atoms with Crippen molar-refractivity contribution in [1.82, 2.24) is 0 Å². The van der Waals surface area contributed by atoms with Crippen molar-refractivity contribution in [2.75, 3.05) is 12.0 Å². The van der Waals surface area contributed by atoms with Crippen LogP contribution in [0.2, 0.25) is 0 Å². The van der Waals surface area contributed by atoms with E-state index in [1.807, 2.05) is 0 Å². The molecular weight excluding hydrogens is 212 g/mol. The minimum Gasteiger partial charge on any atom is -0.392 e. The molecule has 0 amide bonds. The van der Waals surface area contributed by atoms with Crippen molar-refractivity contribution in [2.24, 2.45) is 11.8 Å². The molecule has 1 fully saturated rings. The predicted molar refractivity (Wildman–Crippen MR) is 61.5 cm³/mol. The number of hydrogen-bond donors (Lipinski definition) is 1. The molecule has 0 radical (unpaired) electrons. The summed E-state index contributed by atoms with van der Waals surface area (Å²) in [7, 11) is -3.05. The van der Waals surface area contributed by atoms with Gasteiger partial charge in [-0.05, 0) is 24.7 Å². The van der Waals surface area contributed by atoms with Crippen LogP contribution < -0.4 is 0 Å². The molecule has 1 saturated carbocycles. The molecule has 4 heteroatoms. The van der Waals surface area contributed by atoms with Gasteiger partial charge in [-0.15, -0.1) is 0 Å². The first-order valence-electron chi connectivity index (χ1n) is 5.78. The monoisotopic (exact) mass is 234 g/mol. The Balaban J connectivity index is 2.48. The number of sulfone groups is 1. The predicted octanol–water partition coefficient (Wildman–Crippen LogP) is 1.61. The molecule has 1 rings (SSSR count). The van der Waals surface area contributed by atoms with Crippen molar-refractivity contribution in [3.05, 3.63) is 0 Å². The van der Waals surface area contributed by atoms with Gasteiger partial charge in [-0.2, -0.15) is 0 Å². The van der Waals surface area contributed by atoms with Crippen LogP contribution in [0.15, 0.2) is 0 Å². The summed E-state index contributed by atoms with van der Waals surface area (Å²) >= 11 is 0. The highest BCUT2D eigenvalue weighted by atomic mass is 32.2. The second-order valence-corrected chi connectivity index (χ2v) is 7.05. The van der Waals surface area contributed by atoms with Crippen molar-refractivity contribution in [2.45, 2.75) is 45.1 Å². The third-order valence-corrected chi connectivity index (χ3v) is 4.37. The van der Waals surface area contributed by atoms with E-state index in [1.54, 1.807) is 0 Å². The van der Waals surface area contributed by atoms with Crippen LogP contribution in [0.3, 0.4) is 0 Å². The molecule has 3 atom stereocenters. The Bertz CT molecular complexity index is 284. The van der Waals surface area contributed by atoms with Crippen molar-refractivity contribution in [1.29, 1.82) is 0 Å². The van der Waals surface area contributed by atoms with E-state index in [-0.39, 0.29) is 11.7 Å². The van der Waals surface area contributed by atoms with Gasteiger partial charge in [0.15, 0.2) is 0 Å². The van der Waals surface area contributed by atoms with Gasteiger partial charge in [-0.1, -0.05) is 26.2 Å². The second kappa shape index (κ2) is 5.30. The molecule has 15 heavy (non-hydrogen) atoms. The molecule has 0 spiro atoms. The number of hydrogen-bond acceptors (Lipinski definition) is 3. The minimum absolute atomic E-state index is 0.0753. The molecule has 90 valence electrons. The fourth-order valence-electron chi connectivity index (χ4n) is 2.50. The standard InChI is InChI=1S/C11H22O3S/c1-3-9-5-4-6-10(7-9)11(12)8-15(2,13)14/h9-12H,3-8H2,1-2H3. The Kier molecular flexibility index (Phi) is 4.59. The van der Waals surface area contributed by atoms with Crippen LogP contribution in [0.25, 0.3) is 0 Å². The average molecular weight is 234 g/mol. The van der Waals surface area contributed by atoms with Crippen molar-refractivity contribution >= 4 is 9.84 Å². The van der Waals surface area contributed by atoms with Gasteiger partial charge in [-0.3, -0.25) is 0 Å². The summed E-state index contributed by atoms with van der Waals surface area (Å²) in [5, 5.41) is 9.84. The maximum Gasteiger partial charge on any atom is 0.150 e. The lowest BCUT2D eigenvalue weighted by Gasteiger charge is -2.31. The SMILES string of the molecule is CCC1CCCC(C(O)CS(C)(=O)=O)C1. The van der Waals surface area contributed by atoms with E-state index in [0.29, 0.717) is 5.92 Å². The zero-order chi connectivity index (χ0) is 11.5. The summed E-state index contributed by atoms with van der Waals surface area (Å²) in [6.45, 7) is 2.16. The zero-order valence-corrected chi connectivity index (χ0v) is 10.5. The first kappa shape index (κ1) is 13.0. The van der Waals surface area contributed by atoms with Crippen LogP contribution >= 0.6 is 0 Å². The van der Waals surface area contributed by atoms with Crippen LogP contribution in [-0.4, -0.2) is 31.6 Å². The van der Waals surface area contributed by atoms with E-state index in [2.05, 4.69) is 6.92 Å². The van der Waals surface area contributed by atoms with Crippen LogP contribution in [0.1, 0.15) is 39.0 Å². The lowest BCUT2D eigenvalue weighted by Crippen LogP contribution is -2.32. The van der Waals surface area contributed by atoms with Gasteiger partial charge >= 0.3 is 0 Å². The molecule has 0 aromatic rings. The maximum absolute atomic E-state index is 11.1. The lowest BCUT2D eigenvalue weighted by atomic mass is 9.78. The fourth-order valence-corrected chi connectivity index (χ4v) is 3.39. The Morgan fingerprint density at radius 2 is 2.07 bits per heavy atom. The zero-order valence-electron chi connectivity index (χ0n) is 9.65. The third-order valence-electron chi connectivity index (χ3n) is 3.42. The van der Waals surface area contributed by atoms with E-state index in [0.717, 1.165) is 25.7 Å². The molecule has 0 aromatic heterocycles. The smallest absolute Gasteiger partial charge is 0.150 e. The van der Waals surface area contributed by atoms with Crippen LogP contribution in [0.4, 0.5) is 0 Å². The van der Waals surface area contributed by atoms with Gasteiger partial charge in [0.05, 0.1) is 11.9 Å². The van der Waals surface area contributed by atoms with Crippen molar-refractivity contribution < 1.29 is 13.5 Å². The Morgan fingerprint density at radius 3 is 2.60 bits per heavy atom. The number of aliphatic hydroxyl groups is 1. The number of aliphatic hydroxyl groups excluding tert-OH is 1. The number of rotatable bonds is 4. The highest BCUT2D eigenvalue weighted by Gasteiger charge is 2.28. The molecule has 1 aliphatic rings. The molecule has 1 N–H and O–H groups in total. The van der Waals surface area contributed by atoms with Gasteiger partial charge in [0.1, 0.15) is 9.84 Å². The Labute approximate surface area is 92.8 Å². The van der Waals surface area contributed by atoms with Gasteiger partial charge in [-0.25, -0.2) is 8.42 Å². The summed E-state index contributed by atoms with van der Waals surface area (Å²) in [5.74, 6) is 0.796. The highest BCUT2D eigenvalue weighted by Crippen LogP contribution is 2.33. The van der Waals surface area contributed by atoms with E-state index >= 15 is 0 Å². The molecule has 0 bridgehead atoms. The quantitative estimate of drug-likeness (QED) is 0.804. The molecule has 0 heterocycles. The second-order valence-electron chi connectivity index (χ2n) is 4.86. The fraction of sp³-hybridized carbons (Fsp3) is 1.00. The molecular formula is C11H22O3S. The maximum atomic E-state index is 11.1. The van der Waals surface area contributed by atoms with Gasteiger partial charge in [0, 0.05) is 6.26 Å². The molecule has 1 aliphatic carbocycles. The summed E-state index contributed by atoms with van der Waals surface area (Å²) in [4.78, 5) is 0.